The number of carbonyl (C=O) groups is 4. The number of amides is 3. The first-order chi connectivity index (χ1) is 14.4. The Bertz CT molecular complexity index is 599. The number of rotatable bonds is 15. The number of nitrogens with two attached hydrogens (primary N) is 2. The molecule has 0 heterocycles. The second-order valence-corrected chi connectivity index (χ2v) is 8.39. The summed E-state index contributed by atoms with van der Waals surface area (Å²) in [5, 5.41) is 25.6. The topological polar surface area (TPSA) is 197 Å². The maximum Gasteiger partial charge on any atom is 0.328 e. The van der Waals surface area contributed by atoms with Crippen molar-refractivity contribution in [1.82, 2.24) is 16.0 Å². The lowest BCUT2D eigenvalue weighted by molar-refractivity contribution is -0.143. The van der Waals surface area contributed by atoms with Crippen LogP contribution in [0.1, 0.15) is 53.4 Å². The van der Waals surface area contributed by atoms with Crippen molar-refractivity contribution in [1.29, 1.82) is 0 Å². The lowest BCUT2D eigenvalue weighted by atomic mass is 10.0. The van der Waals surface area contributed by atoms with Gasteiger partial charge in [-0.3, -0.25) is 14.4 Å². The lowest BCUT2D eigenvalue weighted by Crippen LogP contribution is -2.58. The molecule has 0 fully saturated rings. The van der Waals surface area contributed by atoms with Gasteiger partial charge in [0.15, 0.2) is 0 Å². The quantitative estimate of drug-likeness (QED) is 0.150. The summed E-state index contributed by atoms with van der Waals surface area (Å²) in [6.07, 6.45) is 1.79. The van der Waals surface area contributed by atoms with Crippen LogP contribution < -0.4 is 27.4 Å². The normalized spacial score (nSPS) is 15.1. The second kappa shape index (κ2) is 14.7. The van der Waals surface area contributed by atoms with Crippen LogP contribution in [-0.2, 0) is 19.2 Å². The molecule has 0 rings (SSSR count). The summed E-state index contributed by atoms with van der Waals surface area (Å²) in [5.74, 6) is -3.28. The van der Waals surface area contributed by atoms with Crippen molar-refractivity contribution < 1.29 is 29.4 Å². The molecule has 0 spiro atoms. The van der Waals surface area contributed by atoms with E-state index in [0.29, 0.717) is 25.8 Å². The molecule has 11 heteroatoms. The zero-order valence-corrected chi connectivity index (χ0v) is 18.9. The first-order valence-corrected chi connectivity index (χ1v) is 10.6. The van der Waals surface area contributed by atoms with Gasteiger partial charge in [0.05, 0.1) is 12.6 Å². The number of hydrogen-bond acceptors (Lipinski definition) is 7. The Morgan fingerprint density at radius 1 is 0.839 bits per heavy atom. The molecule has 31 heavy (non-hydrogen) atoms. The number of aliphatic hydroxyl groups excluding tert-OH is 1. The van der Waals surface area contributed by atoms with Crippen LogP contribution in [0.15, 0.2) is 0 Å². The summed E-state index contributed by atoms with van der Waals surface area (Å²) in [5.41, 5.74) is 11.4. The number of nitrogens with one attached hydrogen (secondary N) is 3. The number of aliphatic hydroxyl groups is 1. The van der Waals surface area contributed by atoms with Crippen molar-refractivity contribution in [2.45, 2.75) is 77.5 Å². The predicted octanol–water partition coefficient (Wildman–Crippen LogP) is -1.32. The van der Waals surface area contributed by atoms with E-state index in [2.05, 4.69) is 16.0 Å². The summed E-state index contributed by atoms with van der Waals surface area (Å²) in [4.78, 5) is 48.9. The predicted molar refractivity (Wildman–Crippen MR) is 116 cm³/mol. The Morgan fingerprint density at radius 2 is 1.35 bits per heavy atom. The Hall–Kier alpha value is -2.24. The SMILES string of the molecule is CC(C)CC(NC(=O)C(CCCCN)NC(=O)C(N)C(C)C)C(=O)NC(CO)C(=O)O. The van der Waals surface area contributed by atoms with E-state index in [1.807, 2.05) is 13.8 Å². The van der Waals surface area contributed by atoms with E-state index >= 15 is 0 Å². The standard InChI is InChI=1S/C20H39N5O6/c1-11(2)9-14(18(28)25-15(10-26)20(30)31)24-17(27)13(7-5-6-8-21)23-19(29)16(22)12(3)4/h11-16,26H,5-10,21-22H2,1-4H3,(H,23,29)(H,24,27)(H,25,28)(H,30,31). The van der Waals surface area contributed by atoms with E-state index in [4.69, 9.17) is 21.7 Å². The Kier molecular flexibility index (Phi) is 13.6. The highest BCUT2D eigenvalue weighted by Crippen LogP contribution is 2.09. The van der Waals surface area contributed by atoms with Crippen LogP contribution in [-0.4, -0.2) is 71.2 Å². The largest absolute Gasteiger partial charge is 0.480 e. The van der Waals surface area contributed by atoms with Gasteiger partial charge in [-0.2, -0.15) is 0 Å². The minimum Gasteiger partial charge on any atom is -0.480 e. The maximum absolute atomic E-state index is 12.9. The Balaban J connectivity index is 5.41. The van der Waals surface area contributed by atoms with Gasteiger partial charge >= 0.3 is 5.97 Å². The second-order valence-electron chi connectivity index (χ2n) is 8.39. The third kappa shape index (κ3) is 11.1. The van der Waals surface area contributed by atoms with E-state index in [1.54, 1.807) is 13.8 Å². The van der Waals surface area contributed by atoms with E-state index in [0.717, 1.165) is 0 Å². The molecule has 0 aromatic rings. The van der Waals surface area contributed by atoms with Gasteiger partial charge in [0.2, 0.25) is 17.7 Å². The molecular formula is C20H39N5O6. The number of carbonyl (C=O) groups excluding carboxylic acids is 3. The molecule has 0 aromatic heterocycles. The monoisotopic (exact) mass is 445 g/mol. The van der Waals surface area contributed by atoms with Crippen molar-refractivity contribution in [2.75, 3.05) is 13.2 Å². The van der Waals surface area contributed by atoms with E-state index in [9.17, 15) is 19.2 Å². The number of carboxylic acids is 1. The fraction of sp³-hybridized carbons (Fsp3) is 0.800. The van der Waals surface area contributed by atoms with Crippen molar-refractivity contribution in [3.63, 3.8) is 0 Å². The fourth-order valence-corrected chi connectivity index (χ4v) is 2.77. The number of aliphatic carboxylic acids is 1. The molecule has 11 nitrogen and oxygen atoms in total. The molecule has 0 aliphatic rings. The van der Waals surface area contributed by atoms with Gasteiger partial charge in [-0.15, -0.1) is 0 Å². The zero-order valence-electron chi connectivity index (χ0n) is 18.9. The average Bonchev–Trinajstić information content (AvgIpc) is 2.68. The molecule has 0 saturated heterocycles. The molecule has 4 unspecified atom stereocenters. The van der Waals surface area contributed by atoms with Crippen LogP contribution >= 0.6 is 0 Å². The molecule has 3 amide bonds. The minimum absolute atomic E-state index is 0.00750. The first kappa shape index (κ1) is 28.8. The van der Waals surface area contributed by atoms with Crippen molar-refractivity contribution in [2.24, 2.45) is 23.3 Å². The van der Waals surface area contributed by atoms with Crippen LogP contribution in [0.25, 0.3) is 0 Å². The van der Waals surface area contributed by atoms with E-state index in [-0.39, 0.29) is 18.3 Å². The third-order valence-electron chi connectivity index (χ3n) is 4.74. The minimum atomic E-state index is -1.48. The van der Waals surface area contributed by atoms with Crippen molar-refractivity contribution >= 4 is 23.7 Å². The molecule has 180 valence electrons. The fourth-order valence-electron chi connectivity index (χ4n) is 2.77. The number of hydrogen-bond donors (Lipinski definition) is 7. The molecule has 9 N–H and O–H groups in total. The third-order valence-corrected chi connectivity index (χ3v) is 4.74. The molecule has 0 saturated carbocycles. The summed E-state index contributed by atoms with van der Waals surface area (Å²) in [6.45, 7) is 6.91. The van der Waals surface area contributed by atoms with Gasteiger partial charge in [-0.25, -0.2) is 4.79 Å². The van der Waals surface area contributed by atoms with Crippen LogP contribution in [0, 0.1) is 11.8 Å². The van der Waals surface area contributed by atoms with Crippen LogP contribution in [0.5, 0.6) is 0 Å². The van der Waals surface area contributed by atoms with Crippen LogP contribution in [0.4, 0.5) is 0 Å². The average molecular weight is 446 g/mol. The van der Waals surface area contributed by atoms with E-state index < -0.39 is 54.5 Å². The van der Waals surface area contributed by atoms with Gasteiger partial charge in [-0.1, -0.05) is 27.7 Å². The zero-order chi connectivity index (χ0) is 24.1. The van der Waals surface area contributed by atoms with Gasteiger partial charge in [0, 0.05) is 0 Å². The Morgan fingerprint density at radius 3 is 1.81 bits per heavy atom. The maximum atomic E-state index is 12.9. The smallest absolute Gasteiger partial charge is 0.328 e. The summed E-state index contributed by atoms with van der Waals surface area (Å²) < 4.78 is 0. The van der Waals surface area contributed by atoms with Crippen LogP contribution in [0.3, 0.4) is 0 Å². The summed E-state index contributed by atoms with van der Waals surface area (Å²) in [6, 6.07) is -4.23. The van der Waals surface area contributed by atoms with Crippen LogP contribution in [0.2, 0.25) is 0 Å². The van der Waals surface area contributed by atoms with Gasteiger partial charge < -0.3 is 37.6 Å². The number of carboxylic acid groups (broad SMARTS) is 1. The van der Waals surface area contributed by atoms with Gasteiger partial charge in [0.25, 0.3) is 0 Å². The summed E-state index contributed by atoms with van der Waals surface area (Å²) in [7, 11) is 0. The molecule has 0 aromatic carbocycles. The first-order valence-electron chi connectivity index (χ1n) is 10.6. The van der Waals surface area contributed by atoms with Gasteiger partial charge in [-0.05, 0) is 44.1 Å². The van der Waals surface area contributed by atoms with E-state index in [1.165, 1.54) is 0 Å². The van der Waals surface area contributed by atoms with Crippen molar-refractivity contribution in [3.8, 4) is 0 Å². The number of unbranched alkanes of at least 4 members (excludes halogenated alkanes) is 1. The molecule has 0 aliphatic carbocycles. The molecular weight excluding hydrogens is 406 g/mol. The highest BCUT2D eigenvalue weighted by atomic mass is 16.4. The molecule has 4 atom stereocenters. The summed E-state index contributed by atoms with van der Waals surface area (Å²) >= 11 is 0. The highest BCUT2D eigenvalue weighted by Gasteiger charge is 2.30. The lowest BCUT2D eigenvalue weighted by Gasteiger charge is -2.26. The molecule has 0 radical (unpaired) electrons. The van der Waals surface area contributed by atoms with Crippen molar-refractivity contribution in [3.05, 3.63) is 0 Å². The molecule has 0 bridgehead atoms. The van der Waals surface area contributed by atoms with Gasteiger partial charge in [0.1, 0.15) is 18.1 Å². The Labute approximate surface area is 183 Å². The molecule has 0 aliphatic heterocycles. The highest BCUT2D eigenvalue weighted by molar-refractivity contribution is 5.94.